The van der Waals surface area contributed by atoms with Gasteiger partial charge in [-0.3, -0.25) is 9.38 Å². The SMILES string of the molecule is Cc1cn2c(NCc3c(F)ccc4c3CCO4)ncc(-c3cccnc3C)c2n1. The normalized spacial score (nSPS) is 12.8. The van der Waals surface area contributed by atoms with Gasteiger partial charge in [0, 0.05) is 59.5 Å². The Morgan fingerprint density at radius 2 is 2.07 bits per heavy atom. The molecule has 1 aromatic carbocycles. The van der Waals surface area contributed by atoms with Crippen LogP contribution in [-0.2, 0) is 13.0 Å². The van der Waals surface area contributed by atoms with Gasteiger partial charge in [-0.05, 0) is 32.0 Å². The Kier molecular flexibility index (Phi) is 4.16. The number of ether oxygens (including phenoxy) is 1. The lowest BCUT2D eigenvalue weighted by molar-refractivity contribution is 0.356. The maximum absolute atomic E-state index is 14.5. The summed E-state index contributed by atoms with van der Waals surface area (Å²) in [6, 6.07) is 7.07. The average molecular weight is 389 g/mol. The van der Waals surface area contributed by atoms with E-state index in [-0.39, 0.29) is 5.82 Å². The molecule has 1 aliphatic rings. The van der Waals surface area contributed by atoms with Crippen molar-refractivity contribution in [3.63, 3.8) is 0 Å². The molecule has 146 valence electrons. The summed E-state index contributed by atoms with van der Waals surface area (Å²) in [7, 11) is 0. The first-order chi connectivity index (χ1) is 14.1. The topological polar surface area (TPSA) is 64.3 Å². The van der Waals surface area contributed by atoms with Gasteiger partial charge in [0.1, 0.15) is 17.2 Å². The molecule has 1 N–H and O–H groups in total. The predicted molar refractivity (Wildman–Crippen MR) is 109 cm³/mol. The first-order valence-electron chi connectivity index (χ1n) is 9.55. The molecule has 4 heterocycles. The molecule has 29 heavy (non-hydrogen) atoms. The molecule has 0 saturated carbocycles. The van der Waals surface area contributed by atoms with E-state index in [1.165, 1.54) is 6.07 Å². The predicted octanol–water partition coefficient (Wildman–Crippen LogP) is 4.09. The quantitative estimate of drug-likeness (QED) is 0.569. The van der Waals surface area contributed by atoms with Crippen LogP contribution in [0.3, 0.4) is 0 Å². The first kappa shape index (κ1) is 17.6. The van der Waals surface area contributed by atoms with Crippen LogP contribution in [0.4, 0.5) is 10.3 Å². The first-order valence-corrected chi connectivity index (χ1v) is 9.55. The average Bonchev–Trinajstić information content (AvgIpc) is 3.34. The summed E-state index contributed by atoms with van der Waals surface area (Å²) in [5, 5.41) is 3.28. The lowest BCUT2D eigenvalue weighted by atomic mass is 10.0. The van der Waals surface area contributed by atoms with Crippen LogP contribution in [0.2, 0.25) is 0 Å². The third-order valence-corrected chi connectivity index (χ3v) is 5.27. The van der Waals surface area contributed by atoms with Crippen molar-refractivity contribution in [2.24, 2.45) is 0 Å². The van der Waals surface area contributed by atoms with Crippen molar-refractivity contribution >= 4 is 11.6 Å². The summed E-state index contributed by atoms with van der Waals surface area (Å²) >= 11 is 0. The fourth-order valence-electron chi connectivity index (χ4n) is 3.86. The molecule has 3 aromatic heterocycles. The summed E-state index contributed by atoms with van der Waals surface area (Å²) in [4.78, 5) is 13.7. The zero-order valence-electron chi connectivity index (χ0n) is 16.2. The van der Waals surface area contributed by atoms with Gasteiger partial charge in [-0.25, -0.2) is 14.4 Å². The molecule has 1 aliphatic heterocycles. The molecular weight excluding hydrogens is 369 g/mol. The number of fused-ring (bicyclic) bond motifs is 2. The maximum Gasteiger partial charge on any atom is 0.208 e. The van der Waals surface area contributed by atoms with Crippen LogP contribution in [0.5, 0.6) is 5.75 Å². The van der Waals surface area contributed by atoms with Crippen molar-refractivity contribution in [2.45, 2.75) is 26.8 Å². The third kappa shape index (κ3) is 2.99. The Hall–Kier alpha value is -3.48. The maximum atomic E-state index is 14.5. The van der Waals surface area contributed by atoms with Gasteiger partial charge in [0.15, 0.2) is 0 Å². The van der Waals surface area contributed by atoms with Crippen LogP contribution >= 0.6 is 0 Å². The van der Waals surface area contributed by atoms with E-state index >= 15 is 0 Å². The molecule has 0 amide bonds. The van der Waals surface area contributed by atoms with Crippen LogP contribution in [0.25, 0.3) is 16.8 Å². The molecule has 5 rings (SSSR count). The van der Waals surface area contributed by atoms with Crippen molar-refractivity contribution in [1.29, 1.82) is 0 Å². The Morgan fingerprint density at radius 1 is 1.17 bits per heavy atom. The van der Waals surface area contributed by atoms with Crippen LogP contribution < -0.4 is 10.1 Å². The van der Waals surface area contributed by atoms with Crippen molar-refractivity contribution in [3.8, 4) is 16.9 Å². The third-order valence-electron chi connectivity index (χ3n) is 5.27. The van der Waals surface area contributed by atoms with Crippen LogP contribution in [-0.4, -0.2) is 26.0 Å². The highest BCUT2D eigenvalue weighted by Gasteiger charge is 2.20. The molecule has 0 saturated heterocycles. The molecule has 0 aliphatic carbocycles. The zero-order chi connectivity index (χ0) is 20.0. The van der Waals surface area contributed by atoms with Gasteiger partial charge < -0.3 is 10.1 Å². The number of nitrogens with zero attached hydrogens (tertiary/aromatic N) is 4. The number of benzene rings is 1. The van der Waals surface area contributed by atoms with Gasteiger partial charge in [0.05, 0.1) is 12.3 Å². The number of rotatable bonds is 4. The van der Waals surface area contributed by atoms with Gasteiger partial charge in [0.2, 0.25) is 5.95 Å². The van der Waals surface area contributed by atoms with Crippen LogP contribution in [0, 0.1) is 19.7 Å². The lowest BCUT2D eigenvalue weighted by Crippen LogP contribution is -2.09. The molecule has 7 heteroatoms. The fraction of sp³-hybridized carbons (Fsp3) is 0.227. The van der Waals surface area contributed by atoms with Gasteiger partial charge >= 0.3 is 0 Å². The molecule has 4 aromatic rings. The number of anilines is 1. The van der Waals surface area contributed by atoms with Crippen LogP contribution in [0.15, 0.2) is 42.9 Å². The number of pyridine rings is 1. The van der Waals surface area contributed by atoms with E-state index in [0.29, 0.717) is 24.7 Å². The van der Waals surface area contributed by atoms with Crippen molar-refractivity contribution in [2.75, 3.05) is 11.9 Å². The molecular formula is C22H20FN5O. The second kappa shape index (κ2) is 6.84. The van der Waals surface area contributed by atoms with Crippen molar-refractivity contribution < 1.29 is 9.13 Å². The van der Waals surface area contributed by atoms with E-state index in [4.69, 9.17) is 4.74 Å². The molecule has 0 radical (unpaired) electrons. The molecule has 6 nitrogen and oxygen atoms in total. The number of aromatic nitrogens is 4. The number of imidazole rings is 1. The molecule has 0 fully saturated rings. The second-order valence-corrected chi connectivity index (χ2v) is 7.16. The Morgan fingerprint density at radius 3 is 2.93 bits per heavy atom. The van der Waals surface area contributed by atoms with Crippen LogP contribution in [0.1, 0.15) is 22.5 Å². The van der Waals surface area contributed by atoms with Gasteiger partial charge in [-0.15, -0.1) is 0 Å². The monoisotopic (exact) mass is 389 g/mol. The standard InChI is InChI=1S/C22H20FN5O/c1-13-12-28-21(27-13)18(15-4-3-8-24-14(15)2)11-26-22(28)25-10-17-16-7-9-29-20(16)6-5-19(17)23/h3-6,8,11-12H,7,9-10H2,1-2H3,(H,25,26). The van der Waals surface area contributed by atoms with E-state index < -0.39 is 0 Å². The fourth-order valence-corrected chi connectivity index (χ4v) is 3.86. The second-order valence-electron chi connectivity index (χ2n) is 7.16. The van der Waals surface area contributed by atoms with Gasteiger partial charge in [0.25, 0.3) is 0 Å². The lowest BCUT2D eigenvalue weighted by Gasteiger charge is -2.13. The van der Waals surface area contributed by atoms with Crippen molar-refractivity contribution in [1.82, 2.24) is 19.4 Å². The smallest absolute Gasteiger partial charge is 0.208 e. The summed E-state index contributed by atoms with van der Waals surface area (Å²) < 4.78 is 21.9. The zero-order valence-corrected chi connectivity index (χ0v) is 16.2. The Balaban J connectivity index is 1.54. The molecule has 0 bridgehead atoms. The summed E-state index contributed by atoms with van der Waals surface area (Å²) in [6.45, 7) is 4.82. The highest BCUT2D eigenvalue weighted by atomic mass is 19.1. The number of halogens is 1. The summed E-state index contributed by atoms with van der Waals surface area (Å²) in [6.07, 6.45) is 6.21. The molecule has 0 atom stereocenters. The van der Waals surface area contributed by atoms with Gasteiger partial charge in [-0.2, -0.15) is 0 Å². The summed E-state index contributed by atoms with van der Waals surface area (Å²) in [5.41, 5.74) is 6.04. The van der Waals surface area contributed by atoms with E-state index in [0.717, 1.165) is 45.9 Å². The van der Waals surface area contributed by atoms with Gasteiger partial charge in [-0.1, -0.05) is 6.07 Å². The Labute approximate surface area is 167 Å². The number of hydrogen-bond donors (Lipinski definition) is 1. The highest BCUT2D eigenvalue weighted by Crippen LogP contribution is 2.31. The van der Waals surface area contributed by atoms with E-state index in [1.54, 1.807) is 18.5 Å². The summed E-state index contributed by atoms with van der Waals surface area (Å²) in [5.74, 6) is 1.14. The van der Waals surface area contributed by atoms with E-state index in [1.807, 2.05) is 36.6 Å². The molecule has 0 unspecified atom stereocenters. The minimum atomic E-state index is -0.234. The minimum absolute atomic E-state index is 0.234. The van der Waals surface area contributed by atoms with Crippen molar-refractivity contribution in [3.05, 3.63) is 71.2 Å². The molecule has 0 spiro atoms. The number of aryl methyl sites for hydroxylation is 2. The Bertz CT molecular complexity index is 1230. The minimum Gasteiger partial charge on any atom is -0.493 e. The largest absolute Gasteiger partial charge is 0.493 e. The number of hydrogen-bond acceptors (Lipinski definition) is 5. The number of nitrogens with one attached hydrogen (secondary N) is 1. The van der Waals surface area contributed by atoms with E-state index in [9.17, 15) is 4.39 Å². The highest BCUT2D eigenvalue weighted by molar-refractivity contribution is 5.79. The van der Waals surface area contributed by atoms with E-state index in [2.05, 4.69) is 20.3 Å².